The van der Waals surface area contributed by atoms with E-state index in [1.54, 1.807) is 0 Å². The summed E-state index contributed by atoms with van der Waals surface area (Å²) in [6.07, 6.45) is 0.889. The van der Waals surface area contributed by atoms with Gasteiger partial charge < -0.3 is 9.84 Å². The Hall–Kier alpha value is -3.12. The van der Waals surface area contributed by atoms with E-state index in [1.165, 1.54) is 13.0 Å². The molecule has 27 heavy (non-hydrogen) atoms. The number of carboxylic acids is 1. The van der Waals surface area contributed by atoms with Crippen LogP contribution in [0.2, 0.25) is 0 Å². The largest absolute Gasteiger partial charge is 0.480 e. The van der Waals surface area contributed by atoms with Crippen molar-refractivity contribution >= 4 is 12.1 Å². The number of rotatable bonds is 7. The summed E-state index contributed by atoms with van der Waals surface area (Å²) in [4.78, 5) is 23.4. The Labute approximate surface area is 157 Å². The second-order valence-electron chi connectivity index (χ2n) is 6.71. The van der Waals surface area contributed by atoms with Gasteiger partial charge in [0.1, 0.15) is 12.1 Å². The average molecular weight is 366 g/mol. The number of fused-ring (bicyclic) bond motifs is 3. The Bertz CT molecular complexity index is 834. The number of carbonyl (C=O) groups excluding carboxylic acids is 1. The van der Waals surface area contributed by atoms with Crippen molar-refractivity contribution in [1.82, 2.24) is 10.9 Å². The van der Waals surface area contributed by atoms with Gasteiger partial charge in [0.2, 0.25) is 0 Å². The van der Waals surface area contributed by atoms with Crippen LogP contribution < -0.4 is 10.9 Å². The highest BCUT2D eigenvalue weighted by atomic mass is 16.6. The predicted molar refractivity (Wildman–Crippen MR) is 102 cm³/mol. The van der Waals surface area contributed by atoms with E-state index in [1.807, 2.05) is 36.4 Å². The van der Waals surface area contributed by atoms with Gasteiger partial charge in [-0.1, -0.05) is 54.6 Å². The topological polar surface area (TPSA) is 87.7 Å². The maximum atomic E-state index is 12.1. The number of carboxylic acid groups (broad SMARTS) is 1. The molecule has 0 saturated carbocycles. The van der Waals surface area contributed by atoms with Gasteiger partial charge in [0, 0.05) is 5.92 Å². The van der Waals surface area contributed by atoms with Crippen molar-refractivity contribution in [1.29, 1.82) is 0 Å². The van der Waals surface area contributed by atoms with Gasteiger partial charge >= 0.3 is 12.1 Å². The normalized spacial score (nSPS) is 14.6. The van der Waals surface area contributed by atoms with Crippen LogP contribution in [0.25, 0.3) is 11.1 Å². The quantitative estimate of drug-likeness (QED) is 0.516. The second-order valence-corrected chi connectivity index (χ2v) is 6.71. The summed E-state index contributed by atoms with van der Waals surface area (Å²) in [6.45, 7) is 5.16. The Morgan fingerprint density at radius 1 is 1.15 bits per heavy atom. The third-order valence-electron chi connectivity index (χ3n) is 4.81. The van der Waals surface area contributed by atoms with Crippen LogP contribution in [-0.4, -0.2) is 29.3 Å². The van der Waals surface area contributed by atoms with Gasteiger partial charge in [0.05, 0.1) is 0 Å². The zero-order chi connectivity index (χ0) is 19.4. The standard InChI is InChI=1S/C21H22N2O4/c1-3-12-21(2,19(24)25)23-22-20(26)27-13-18-16-10-6-4-8-14(16)15-9-5-7-11-17(15)18/h3-11,18,23H,1,12-13H2,2H3,(H,22,26)(H,24,25)/t21-/m1/s1. The SMILES string of the molecule is C=CC[C@@](C)(NNC(=O)OCC1c2ccccc2-c2ccccc21)C(=O)O. The maximum Gasteiger partial charge on any atom is 0.421 e. The van der Waals surface area contributed by atoms with Crippen LogP contribution in [0, 0.1) is 0 Å². The molecule has 3 N–H and O–H groups in total. The minimum atomic E-state index is -1.35. The zero-order valence-corrected chi connectivity index (χ0v) is 15.1. The molecule has 3 rings (SSSR count). The number of nitrogens with one attached hydrogen (secondary N) is 2. The van der Waals surface area contributed by atoms with E-state index in [4.69, 9.17) is 4.74 Å². The number of ether oxygens (including phenoxy) is 1. The van der Waals surface area contributed by atoms with Gasteiger partial charge in [-0.3, -0.25) is 10.2 Å². The van der Waals surface area contributed by atoms with Crippen LogP contribution in [0.4, 0.5) is 4.79 Å². The molecule has 0 aliphatic heterocycles. The van der Waals surface area contributed by atoms with Crippen LogP contribution in [0.3, 0.4) is 0 Å². The molecule has 1 aliphatic rings. The molecule has 6 heteroatoms. The van der Waals surface area contributed by atoms with Crippen LogP contribution >= 0.6 is 0 Å². The van der Waals surface area contributed by atoms with E-state index in [0.717, 1.165) is 22.3 Å². The molecule has 140 valence electrons. The summed E-state index contributed by atoms with van der Waals surface area (Å²) in [5, 5.41) is 9.30. The van der Waals surface area contributed by atoms with Crippen LogP contribution in [0.1, 0.15) is 30.4 Å². The first-order valence-electron chi connectivity index (χ1n) is 8.69. The van der Waals surface area contributed by atoms with E-state index < -0.39 is 17.6 Å². The molecule has 2 aromatic rings. The average Bonchev–Trinajstić information content (AvgIpc) is 2.99. The van der Waals surface area contributed by atoms with E-state index in [2.05, 4.69) is 29.6 Å². The van der Waals surface area contributed by atoms with Crippen molar-refractivity contribution in [3.63, 3.8) is 0 Å². The molecule has 0 fully saturated rings. The molecule has 1 atom stereocenters. The summed E-state index contributed by atoms with van der Waals surface area (Å²) in [5.74, 6) is -1.15. The lowest BCUT2D eigenvalue weighted by molar-refractivity contribution is -0.144. The summed E-state index contributed by atoms with van der Waals surface area (Å²) >= 11 is 0. The first-order valence-corrected chi connectivity index (χ1v) is 8.69. The lowest BCUT2D eigenvalue weighted by atomic mass is 9.98. The lowest BCUT2D eigenvalue weighted by Gasteiger charge is -2.25. The highest BCUT2D eigenvalue weighted by molar-refractivity contribution is 5.80. The maximum absolute atomic E-state index is 12.1. The fourth-order valence-corrected chi connectivity index (χ4v) is 3.30. The van der Waals surface area contributed by atoms with Crippen molar-refractivity contribution in [2.75, 3.05) is 6.61 Å². The molecule has 2 aromatic carbocycles. The Morgan fingerprint density at radius 2 is 1.70 bits per heavy atom. The molecule has 0 radical (unpaired) electrons. The van der Waals surface area contributed by atoms with E-state index in [-0.39, 0.29) is 18.9 Å². The highest BCUT2D eigenvalue weighted by Gasteiger charge is 2.33. The number of benzene rings is 2. The molecule has 0 spiro atoms. The number of hydrazine groups is 1. The monoisotopic (exact) mass is 366 g/mol. The van der Waals surface area contributed by atoms with E-state index >= 15 is 0 Å². The van der Waals surface area contributed by atoms with E-state index in [9.17, 15) is 14.7 Å². The summed E-state index contributed by atoms with van der Waals surface area (Å²) in [5.41, 5.74) is 7.99. The lowest BCUT2D eigenvalue weighted by Crippen LogP contribution is -2.57. The van der Waals surface area contributed by atoms with Crippen LogP contribution in [0.15, 0.2) is 61.2 Å². The Balaban J connectivity index is 1.66. The van der Waals surface area contributed by atoms with Crippen LogP contribution in [0.5, 0.6) is 0 Å². The molecule has 0 aromatic heterocycles. The highest BCUT2D eigenvalue weighted by Crippen LogP contribution is 2.44. The van der Waals surface area contributed by atoms with Gasteiger partial charge in [-0.15, -0.1) is 6.58 Å². The molecule has 6 nitrogen and oxygen atoms in total. The molecular weight excluding hydrogens is 344 g/mol. The molecular formula is C21H22N2O4. The summed E-state index contributed by atoms with van der Waals surface area (Å²) in [7, 11) is 0. The molecule has 0 heterocycles. The fourth-order valence-electron chi connectivity index (χ4n) is 3.30. The van der Waals surface area contributed by atoms with Crippen molar-refractivity contribution in [2.45, 2.75) is 24.8 Å². The minimum Gasteiger partial charge on any atom is -0.480 e. The summed E-state index contributed by atoms with van der Waals surface area (Å²) < 4.78 is 5.36. The van der Waals surface area contributed by atoms with Gasteiger partial charge in [-0.2, -0.15) is 0 Å². The predicted octanol–water partition coefficient (Wildman–Crippen LogP) is 3.45. The van der Waals surface area contributed by atoms with Gasteiger partial charge in [0.25, 0.3) is 0 Å². The van der Waals surface area contributed by atoms with Gasteiger partial charge in [0.15, 0.2) is 0 Å². The summed E-state index contributed by atoms with van der Waals surface area (Å²) in [6, 6.07) is 16.1. The van der Waals surface area contributed by atoms with Gasteiger partial charge in [-0.05, 0) is 35.6 Å². The van der Waals surface area contributed by atoms with Crippen molar-refractivity contribution in [2.24, 2.45) is 0 Å². The number of aliphatic carboxylic acids is 1. The number of amides is 1. The Morgan fingerprint density at radius 3 is 2.22 bits per heavy atom. The van der Waals surface area contributed by atoms with Crippen molar-refractivity contribution < 1.29 is 19.4 Å². The Kier molecular flexibility index (Phi) is 5.28. The first kappa shape index (κ1) is 18.7. The number of hydrogen-bond donors (Lipinski definition) is 3. The second kappa shape index (κ2) is 7.63. The molecule has 0 saturated heterocycles. The van der Waals surface area contributed by atoms with Gasteiger partial charge in [-0.25, -0.2) is 10.2 Å². The zero-order valence-electron chi connectivity index (χ0n) is 15.1. The molecule has 0 bridgehead atoms. The van der Waals surface area contributed by atoms with Crippen LogP contribution in [-0.2, 0) is 9.53 Å². The van der Waals surface area contributed by atoms with Crippen molar-refractivity contribution in [3.8, 4) is 11.1 Å². The molecule has 1 amide bonds. The first-order chi connectivity index (χ1) is 13.0. The van der Waals surface area contributed by atoms with Crippen molar-refractivity contribution in [3.05, 3.63) is 72.3 Å². The van der Waals surface area contributed by atoms with E-state index in [0.29, 0.717) is 0 Å². The molecule has 1 aliphatic carbocycles. The number of hydrogen-bond acceptors (Lipinski definition) is 4. The smallest absolute Gasteiger partial charge is 0.421 e. The third kappa shape index (κ3) is 3.71. The third-order valence-corrected chi connectivity index (χ3v) is 4.81. The minimum absolute atomic E-state index is 0.0535. The number of carbonyl (C=O) groups is 2. The molecule has 0 unspecified atom stereocenters. The fraction of sp³-hybridized carbons (Fsp3) is 0.238.